The lowest BCUT2D eigenvalue weighted by molar-refractivity contribution is 0.202. The largest absolute Gasteiger partial charge is 0.457 e. The van der Waals surface area contributed by atoms with Crippen molar-refractivity contribution in [1.29, 1.82) is 0 Å². The van der Waals surface area contributed by atoms with Crippen molar-refractivity contribution in [2.75, 3.05) is 13.7 Å². The van der Waals surface area contributed by atoms with E-state index in [1.54, 1.807) is 7.11 Å². The lowest BCUT2D eigenvalue weighted by Crippen LogP contribution is -2.00. The second-order valence-electron chi connectivity index (χ2n) is 4.41. The van der Waals surface area contributed by atoms with Crippen LogP contribution in [0, 0.1) is 0 Å². The molecule has 3 nitrogen and oxygen atoms in total. The standard InChI is InChI=1S/C16H18ClNO2/c1-19-10-9-12-5-7-13(8-6-12)20-16-4-2-3-15(17)14(16)11-18/h2-8H,9-11,18H2,1H3. The maximum Gasteiger partial charge on any atom is 0.133 e. The van der Waals surface area contributed by atoms with Gasteiger partial charge in [-0.2, -0.15) is 0 Å². The Morgan fingerprint density at radius 3 is 2.50 bits per heavy atom. The molecule has 0 saturated carbocycles. The number of ether oxygens (including phenoxy) is 2. The minimum atomic E-state index is 0.348. The van der Waals surface area contributed by atoms with Crippen molar-refractivity contribution < 1.29 is 9.47 Å². The van der Waals surface area contributed by atoms with Crippen LogP contribution in [-0.2, 0) is 17.7 Å². The highest BCUT2D eigenvalue weighted by atomic mass is 35.5. The van der Waals surface area contributed by atoms with Gasteiger partial charge in [-0.05, 0) is 36.2 Å². The summed E-state index contributed by atoms with van der Waals surface area (Å²) in [6.07, 6.45) is 0.891. The Hall–Kier alpha value is -1.55. The highest BCUT2D eigenvalue weighted by molar-refractivity contribution is 6.31. The van der Waals surface area contributed by atoms with Crippen molar-refractivity contribution in [3.05, 3.63) is 58.6 Å². The molecule has 0 saturated heterocycles. The molecule has 2 N–H and O–H groups in total. The van der Waals surface area contributed by atoms with E-state index in [-0.39, 0.29) is 0 Å². The molecule has 0 aliphatic rings. The summed E-state index contributed by atoms with van der Waals surface area (Å²) in [5.74, 6) is 1.47. The van der Waals surface area contributed by atoms with E-state index in [0.717, 1.165) is 17.7 Å². The first-order valence-electron chi connectivity index (χ1n) is 6.47. The minimum Gasteiger partial charge on any atom is -0.457 e. The first-order valence-corrected chi connectivity index (χ1v) is 6.85. The predicted octanol–water partition coefficient (Wildman–Crippen LogP) is 3.78. The van der Waals surface area contributed by atoms with Gasteiger partial charge in [-0.25, -0.2) is 0 Å². The lowest BCUT2D eigenvalue weighted by Gasteiger charge is -2.11. The highest BCUT2D eigenvalue weighted by Gasteiger charge is 2.07. The average Bonchev–Trinajstić information content (AvgIpc) is 2.47. The Bertz CT molecular complexity index is 555. The maximum atomic E-state index is 6.10. The molecule has 0 amide bonds. The van der Waals surface area contributed by atoms with Crippen molar-refractivity contribution in [3.8, 4) is 11.5 Å². The third-order valence-corrected chi connectivity index (χ3v) is 3.38. The maximum absolute atomic E-state index is 6.10. The van der Waals surface area contributed by atoms with Crippen LogP contribution in [0.1, 0.15) is 11.1 Å². The molecule has 20 heavy (non-hydrogen) atoms. The highest BCUT2D eigenvalue weighted by Crippen LogP contribution is 2.30. The van der Waals surface area contributed by atoms with E-state index in [0.29, 0.717) is 23.9 Å². The molecule has 4 heteroatoms. The lowest BCUT2D eigenvalue weighted by atomic mass is 10.1. The van der Waals surface area contributed by atoms with Crippen LogP contribution < -0.4 is 10.5 Å². The SMILES string of the molecule is COCCc1ccc(Oc2cccc(Cl)c2CN)cc1. The number of hydrogen-bond donors (Lipinski definition) is 1. The fourth-order valence-electron chi connectivity index (χ4n) is 1.90. The van der Waals surface area contributed by atoms with Gasteiger partial charge in [-0.15, -0.1) is 0 Å². The van der Waals surface area contributed by atoms with E-state index in [1.807, 2.05) is 42.5 Å². The van der Waals surface area contributed by atoms with Gasteiger partial charge in [0.2, 0.25) is 0 Å². The van der Waals surface area contributed by atoms with Crippen molar-refractivity contribution >= 4 is 11.6 Å². The van der Waals surface area contributed by atoms with Gasteiger partial charge in [0.25, 0.3) is 0 Å². The van der Waals surface area contributed by atoms with E-state index < -0.39 is 0 Å². The van der Waals surface area contributed by atoms with Gasteiger partial charge in [-0.3, -0.25) is 0 Å². The monoisotopic (exact) mass is 291 g/mol. The molecule has 0 unspecified atom stereocenters. The number of nitrogens with two attached hydrogens (primary N) is 1. The summed E-state index contributed by atoms with van der Waals surface area (Å²) < 4.78 is 10.9. The third-order valence-electron chi connectivity index (χ3n) is 3.03. The van der Waals surface area contributed by atoms with Crippen molar-refractivity contribution in [2.24, 2.45) is 5.73 Å². The summed E-state index contributed by atoms with van der Waals surface area (Å²) >= 11 is 6.10. The van der Waals surface area contributed by atoms with Crippen LogP contribution in [0.4, 0.5) is 0 Å². The van der Waals surface area contributed by atoms with E-state index in [2.05, 4.69) is 0 Å². The molecule has 0 aliphatic carbocycles. The predicted molar refractivity (Wildman–Crippen MR) is 81.4 cm³/mol. The topological polar surface area (TPSA) is 44.5 Å². The zero-order valence-electron chi connectivity index (χ0n) is 11.4. The zero-order chi connectivity index (χ0) is 14.4. The van der Waals surface area contributed by atoms with Gasteiger partial charge in [0.1, 0.15) is 11.5 Å². The summed E-state index contributed by atoms with van der Waals surface area (Å²) in [4.78, 5) is 0. The van der Waals surface area contributed by atoms with Crippen LogP contribution >= 0.6 is 11.6 Å². The number of hydrogen-bond acceptors (Lipinski definition) is 3. The van der Waals surface area contributed by atoms with Crippen molar-refractivity contribution in [2.45, 2.75) is 13.0 Å². The second kappa shape index (κ2) is 7.29. The van der Waals surface area contributed by atoms with E-state index in [9.17, 15) is 0 Å². The summed E-state index contributed by atoms with van der Waals surface area (Å²) in [7, 11) is 1.70. The molecular formula is C16H18ClNO2. The molecule has 0 radical (unpaired) electrons. The van der Waals surface area contributed by atoms with Crippen molar-refractivity contribution in [1.82, 2.24) is 0 Å². The number of rotatable bonds is 6. The van der Waals surface area contributed by atoms with Crippen LogP contribution in [0.25, 0.3) is 0 Å². The van der Waals surface area contributed by atoms with Gasteiger partial charge in [-0.1, -0.05) is 29.8 Å². The normalized spacial score (nSPS) is 10.6. The molecule has 0 aromatic heterocycles. The quantitative estimate of drug-likeness (QED) is 0.881. The summed E-state index contributed by atoms with van der Waals surface area (Å²) in [6, 6.07) is 13.5. The zero-order valence-corrected chi connectivity index (χ0v) is 12.2. The van der Waals surface area contributed by atoms with E-state index in [1.165, 1.54) is 5.56 Å². The molecule has 0 heterocycles. The second-order valence-corrected chi connectivity index (χ2v) is 4.82. The third kappa shape index (κ3) is 3.73. The first kappa shape index (κ1) is 14.9. The summed E-state index contributed by atoms with van der Waals surface area (Å²) in [6.45, 7) is 1.06. The number of methoxy groups -OCH3 is 1. The molecule has 106 valence electrons. The van der Waals surface area contributed by atoms with Crippen LogP contribution in [0.2, 0.25) is 5.02 Å². The van der Waals surface area contributed by atoms with Crippen LogP contribution in [0.3, 0.4) is 0 Å². The number of benzene rings is 2. The molecule has 2 rings (SSSR count). The number of halogens is 1. The molecular weight excluding hydrogens is 274 g/mol. The molecule has 0 fully saturated rings. The fraction of sp³-hybridized carbons (Fsp3) is 0.250. The van der Waals surface area contributed by atoms with Gasteiger partial charge in [0, 0.05) is 24.2 Å². The Kier molecular flexibility index (Phi) is 5.41. The summed E-state index contributed by atoms with van der Waals surface area (Å²) in [5.41, 5.74) is 7.74. The van der Waals surface area contributed by atoms with Gasteiger partial charge in [0.15, 0.2) is 0 Å². The van der Waals surface area contributed by atoms with Crippen LogP contribution in [0.5, 0.6) is 11.5 Å². The van der Waals surface area contributed by atoms with Gasteiger partial charge < -0.3 is 15.2 Å². The Labute approximate surface area is 124 Å². The molecule has 0 atom stereocenters. The minimum absolute atomic E-state index is 0.348. The molecule has 0 spiro atoms. The van der Waals surface area contributed by atoms with Crippen LogP contribution in [-0.4, -0.2) is 13.7 Å². The fourth-order valence-corrected chi connectivity index (χ4v) is 2.15. The van der Waals surface area contributed by atoms with Crippen molar-refractivity contribution in [3.63, 3.8) is 0 Å². The Balaban J connectivity index is 2.12. The Morgan fingerprint density at radius 1 is 1.10 bits per heavy atom. The van der Waals surface area contributed by atoms with Gasteiger partial charge >= 0.3 is 0 Å². The average molecular weight is 292 g/mol. The first-order chi connectivity index (χ1) is 9.74. The van der Waals surface area contributed by atoms with Crippen LogP contribution in [0.15, 0.2) is 42.5 Å². The molecule has 2 aromatic carbocycles. The smallest absolute Gasteiger partial charge is 0.133 e. The molecule has 0 aliphatic heterocycles. The van der Waals surface area contributed by atoms with E-state index >= 15 is 0 Å². The summed E-state index contributed by atoms with van der Waals surface area (Å²) in [5, 5.41) is 0.627. The van der Waals surface area contributed by atoms with E-state index in [4.69, 9.17) is 26.8 Å². The molecule has 2 aromatic rings. The molecule has 0 bridgehead atoms. The van der Waals surface area contributed by atoms with Gasteiger partial charge in [0.05, 0.1) is 6.61 Å². The Morgan fingerprint density at radius 2 is 1.85 bits per heavy atom.